The molecule has 1 nitrogen and oxygen atoms in total. The SMILES string of the molecule is CNC1c2cc(C)sc2CCC12CC2. The van der Waals surface area contributed by atoms with Gasteiger partial charge in [0.15, 0.2) is 0 Å². The van der Waals surface area contributed by atoms with E-state index in [0.29, 0.717) is 11.5 Å². The van der Waals surface area contributed by atoms with Crippen LogP contribution in [0.5, 0.6) is 0 Å². The maximum Gasteiger partial charge on any atom is 0.0386 e. The second kappa shape index (κ2) is 2.83. The Labute approximate surface area is 89.5 Å². The lowest BCUT2D eigenvalue weighted by Crippen LogP contribution is -2.30. The molecule has 2 aliphatic rings. The molecule has 1 spiro atoms. The number of hydrogen-bond donors (Lipinski definition) is 1. The van der Waals surface area contributed by atoms with Crippen LogP contribution < -0.4 is 5.32 Å². The van der Waals surface area contributed by atoms with Gasteiger partial charge in [-0.1, -0.05) is 0 Å². The molecule has 1 atom stereocenters. The first-order valence-electron chi connectivity index (χ1n) is 5.52. The Hall–Kier alpha value is -0.340. The highest BCUT2D eigenvalue weighted by Crippen LogP contribution is 2.61. The third kappa shape index (κ3) is 1.10. The third-order valence-corrected chi connectivity index (χ3v) is 5.05. The molecule has 2 heteroatoms. The molecule has 2 aliphatic carbocycles. The minimum absolute atomic E-state index is 0.648. The van der Waals surface area contributed by atoms with Crippen molar-refractivity contribution in [3.8, 4) is 0 Å². The van der Waals surface area contributed by atoms with E-state index in [0.717, 1.165) is 0 Å². The van der Waals surface area contributed by atoms with Crippen LogP contribution in [0.4, 0.5) is 0 Å². The van der Waals surface area contributed by atoms with E-state index in [1.807, 2.05) is 11.3 Å². The van der Waals surface area contributed by atoms with E-state index in [-0.39, 0.29) is 0 Å². The summed E-state index contributed by atoms with van der Waals surface area (Å²) >= 11 is 2.00. The molecule has 14 heavy (non-hydrogen) atoms. The number of thiophene rings is 1. The van der Waals surface area contributed by atoms with E-state index in [1.165, 1.54) is 30.6 Å². The monoisotopic (exact) mass is 207 g/mol. The average molecular weight is 207 g/mol. The van der Waals surface area contributed by atoms with Gasteiger partial charge < -0.3 is 5.32 Å². The van der Waals surface area contributed by atoms with Gasteiger partial charge in [-0.05, 0) is 56.7 Å². The summed E-state index contributed by atoms with van der Waals surface area (Å²) in [7, 11) is 2.12. The molecule has 0 bridgehead atoms. The second-order valence-corrected chi connectivity index (χ2v) is 6.16. The van der Waals surface area contributed by atoms with Crippen LogP contribution in [0.3, 0.4) is 0 Å². The van der Waals surface area contributed by atoms with E-state index >= 15 is 0 Å². The molecule has 1 aromatic rings. The Morgan fingerprint density at radius 2 is 2.21 bits per heavy atom. The van der Waals surface area contributed by atoms with E-state index in [4.69, 9.17) is 0 Å². The summed E-state index contributed by atoms with van der Waals surface area (Å²) < 4.78 is 0. The third-order valence-electron chi connectivity index (χ3n) is 3.92. The van der Waals surface area contributed by atoms with Crippen molar-refractivity contribution >= 4 is 11.3 Å². The quantitative estimate of drug-likeness (QED) is 0.746. The molecule has 1 heterocycles. The van der Waals surface area contributed by atoms with Crippen molar-refractivity contribution in [1.29, 1.82) is 0 Å². The molecule has 0 aromatic carbocycles. The zero-order valence-corrected chi connectivity index (χ0v) is 9.71. The number of fused-ring (bicyclic) bond motifs is 1. The van der Waals surface area contributed by atoms with Crippen LogP contribution in [0.25, 0.3) is 0 Å². The highest BCUT2D eigenvalue weighted by Gasteiger charge is 2.51. The van der Waals surface area contributed by atoms with Gasteiger partial charge >= 0.3 is 0 Å². The molecule has 76 valence electrons. The number of nitrogens with one attached hydrogen (secondary N) is 1. The molecule has 0 saturated heterocycles. The summed E-state index contributed by atoms with van der Waals surface area (Å²) in [6.07, 6.45) is 5.61. The first-order valence-corrected chi connectivity index (χ1v) is 6.33. The van der Waals surface area contributed by atoms with Crippen LogP contribution >= 0.6 is 11.3 Å². The Bertz CT molecular complexity index is 362. The summed E-state index contributed by atoms with van der Waals surface area (Å²) in [5.41, 5.74) is 2.26. The van der Waals surface area contributed by atoms with Gasteiger partial charge in [-0.3, -0.25) is 0 Å². The van der Waals surface area contributed by atoms with E-state index in [9.17, 15) is 0 Å². The predicted octanol–water partition coefficient (Wildman–Crippen LogP) is 3.04. The van der Waals surface area contributed by atoms with Gasteiger partial charge in [0.25, 0.3) is 0 Å². The molecule has 0 aliphatic heterocycles. The number of aryl methyl sites for hydroxylation is 2. The standard InChI is InChI=1S/C12H17NS/c1-8-7-9-10(14-8)3-4-12(5-6-12)11(9)13-2/h7,11,13H,3-6H2,1-2H3. The number of rotatable bonds is 1. The lowest BCUT2D eigenvalue weighted by Gasteiger charge is -2.31. The van der Waals surface area contributed by atoms with Crippen molar-refractivity contribution in [1.82, 2.24) is 5.32 Å². The molecule has 1 N–H and O–H groups in total. The van der Waals surface area contributed by atoms with E-state index in [2.05, 4.69) is 25.4 Å². The molecule has 3 rings (SSSR count). The Morgan fingerprint density at radius 1 is 1.43 bits per heavy atom. The van der Waals surface area contributed by atoms with Crippen molar-refractivity contribution in [3.63, 3.8) is 0 Å². The van der Waals surface area contributed by atoms with Gasteiger partial charge in [-0.2, -0.15) is 0 Å². The molecule has 1 aromatic heterocycles. The largest absolute Gasteiger partial charge is 0.312 e. The summed E-state index contributed by atoms with van der Waals surface area (Å²) in [6.45, 7) is 2.23. The highest BCUT2D eigenvalue weighted by molar-refractivity contribution is 7.12. The zero-order valence-electron chi connectivity index (χ0n) is 8.89. The fraction of sp³-hybridized carbons (Fsp3) is 0.667. The lowest BCUT2D eigenvalue weighted by molar-refractivity contribution is 0.315. The van der Waals surface area contributed by atoms with E-state index in [1.54, 1.807) is 10.4 Å². The number of hydrogen-bond acceptors (Lipinski definition) is 2. The molecule has 0 radical (unpaired) electrons. The van der Waals surface area contributed by atoms with Gasteiger partial charge in [0, 0.05) is 15.8 Å². The van der Waals surface area contributed by atoms with Crippen molar-refractivity contribution < 1.29 is 0 Å². The molecule has 0 amide bonds. The maximum absolute atomic E-state index is 3.53. The first-order chi connectivity index (χ1) is 6.75. The van der Waals surface area contributed by atoms with Crippen molar-refractivity contribution in [3.05, 3.63) is 21.4 Å². The highest BCUT2D eigenvalue weighted by atomic mass is 32.1. The van der Waals surface area contributed by atoms with Gasteiger partial charge in [-0.25, -0.2) is 0 Å². The van der Waals surface area contributed by atoms with Crippen LogP contribution in [0.1, 0.15) is 40.6 Å². The van der Waals surface area contributed by atoms with Gasteiger partial charge in [-0.15, -0.1) is 11.3 Å². The molecular formula is C12H17NS. The zero-order chi connectivity index (χ0) is 9.76. The van der Waals surface area contributed by atoms with Crippen LogP contribution in [-0.2, 0) is 6.42 Å². The molecule has 1 fully saturated rings. The van der Waals surface area contributed by atoms with Gasteiger partial charge in [0.05, 0.1) is 0 Å². The maximum atomic E-state index is 3.53. The molecular weight excluding hydrogens is 190 g/mol. The Kier molecular flexibility index (Phi) is 1.80. The molecule has 1 saturated carbocycles. The average Bonchev–Trinajstić information content (AvgIpc) is 2.82. The molecule has 1 unspecified atom stereocenters. The summed E-state index contributed by atoms with van der Waals surface area (Å²) in [5.74, 6) is 0. The summed E-state index contributed by atoms with van der Waals surface area (Å²) in [6, 6.07) is 3.05. The summed E-state index contributed by atoms with van der Waals surface area (Å²) in [5, 5.41) is 3.53. The first kappa shape index (κ1) is 8.93. The van der Waals surface area contributed by atoms with Gasteiger partial charge in [0.2, 0.25) is 0 Å². The normalized spacial score (nSPS) is 27.7. The second-order valence-electron chi connectivity index (χ2n) is 4.82. The summed E-state index contributed by atoms with van der Waals surface area (Å²) in [4.78, 5) is 3.12. The van der Waals surface area contributed by atoms with Gasteiger partial charge in [0.1, 0.15) is 0 Å². The minimum Gasteiger partial charge on any atom is -0.312 e. The topological polar surface area (TPSA) is 12.0 Å². The smallest absolute Gasteiger partial charge is 0.0386 e. The van der Waals surface area contributed by atoms with Crippen LogP contribution in [0.2, 0.25) is 0 Å². The lowest BCUT2D eigenvalue weighted by atomic mass is 9.81. The Balaban J connectivity index is 2.05. The predicted molar refractivity (Wildman–Crippen MR) is 60.8 cm³/mol. The van der Waals surface area contributed by atoms with Crippen LogP contribution in [0, 0.1) is 12.3 Å². The van der Waals surface area contributed by atoms with Crippen molar-refractivity contribution in [2.45, 2.75) is 38.6 Å². The van der Waals surface area contributed by atoms with E-state index < -0.39 is 0 Å². The Morgan fingerprint density at radius 3 is 2.86 bits per heavy atom. The van der Waals surface area contributed by atoms with Crippen LogP contribution in [-0.4, -0.2) is 7.05 Å². The van der Waals surface area contributed by atoms with Crippen molar-refractivity contribution in [2.75, 3.05) is 7.05 Å². The van der Waals surface area contributed by atoms with Crippen molar-refractivity contribution in [2.24, 2.45) is 5.41 Å². The fourth-order valence-electron chi connectivity index (χ4n) is 3.02. The van der Waals surface area contributed by atoms with Crippen LogP contribution in [0.15, 0.2) is 6.07 Å². The minimum atomic E-state index is 0.648. The fourth-order valence-corrected chi connectivity index (χ4v) is 4.09.